The molecular weight excluding hydrogens is 296 g/mol. The van der Waals surface area contributed by atoms with E-state index in [1.165, 1.54) is 13.3 Å². The lowest BCUT2D eigenvalue weighted by atomic mass is 9.88. The van der Waals surface area contributed by atoms with Gasteiger partial charge in [-0.25, -0.2) is 0 Å². The summed E-state index contributed by atoms with van der Waals surface area (Å²) in [6.07, 6.45) is 5.15. The van der Waals surface area contributed by atoms with Gasteiger partial charge in [-0.15, -0.1) is 0 Å². The van der Waals surface area contributed by atoms with Crippen LogP contribution in [0.4, 0.5) is 5.69 Å². The maximum atomic E-state index is 12.2. The maximum Gasteiger partial charge on any atom is 0.325 e. The molecule has 0 aromatic heterocycles. The monoisotopic (exact) mass is 318 g/mol. The molecular formula is C17H22N2O4. The number of amides is 2. The second kappa shape index (κ2) is 7.76. The highest BCUT2D eigenvalue weighted by atomic mass is 16.4. The average molecular weight is 318 g/mol. The van der Waals surface area contributed by atoms with Gasteiger partial charge in [-0.1, -0.05) is 25.3 Å². The highest BCUT2D eigenvalue weighted by molar-refractivity contribution is 5.99. The largest absolute Gasteiger partial charge is 0.480 e. The van der Waals surface area contributed by atoms with Crippen molar-refractivity contribution >= 4 is 23.5 Å². The Morgan fingerprint density at radius 1 is 1.17 bits per heavy atom. The fourth-order valence-corrected chi connectivity index (χ4v) is 2.69. The number of carboxylic acids is 1. The summed E-state index contributed by atoms with van der Waals surface area (Å²) < 4.78 is 0. The first-order valence-corrected chi connectivity index (χ1v) is 7.92. The molecule has 1 aliphatic carbocycles. The molecule has 23 heavy (non-hydrogen) atoms. The molecule has 0 saturated heterocycles. The summed E-state index contributed by atoms with van der Waals surface area (Å²) in [6, 6.07) is 5.56. The van der Waals surface area contributed by atoms with E-state index in [1.807, 2.05) is 0 Å². The lowest BCUT2D eigenvalue weighted by Gasteiger charge is -2.20. The van der Waals surface area contributed by atoms with E-state index in [0.717, 1.165) is 25.7 Å². The molecule has 0 heterocycles. The highest BCUT2D eigenvalue weighted by Gasteiger charge is 2.21. The van der Waals surface area contributed by atoms with Crippen LogP contribution in [-0.4, -0.2) is 28.9 Å². The Labute approximate surface area is 135 Å². The van der Waals surface area contributed by atoms with Crippen molar-refractivity contribution < 1.29 is 19.5 Å². The van der Waals surface area contributed by atoms with Crippen LogP contribution in [0.3, 0.4) is 0 Å². The SMILES string of the molecule is C[C@@H](NC(=O)c1cccc(NC(=O)C2CCCCC2)c1)C(=O)O. The van der Waals surface area contributed by atoms with Crippen LogP contribution < -0.4 is 10.6 Å². The third-order valence-electron chi connectivity index (χ3n) is 4.09. The Hall–Kier alpha value is -2.37. The number of hydrogen-bond donors (Lipinski definition) is 3. The first kappa shape index (κ1) is 17.0. The summed E-state index contributed by atoms with van der Waals surface area (Å²) in [5, 5.41) is 14.1. The number of carbonyl (C=O) groups excluding carboxylic acids is 2. The van der Waals surface area contributed by atoms with Gasteiger partial charge in [0.25, 0.3) is 5.91 Å². The van der Waals surface area contributed by atoms with Crippen LogP contribution in [-0.2, 0) is 9.59 Å². The number of rotatable bonds is 5. The molecule has 6 nitrogen and oxygen atoms in total. The third-order valence-corrected chi connectivity index (χ3v) is 4.09. The van der Waals surface area contributed by atoms with Crippen LogP contribution in [0.15, 0.2) is 24.3 Å². The predicted octanol–water partition coefficient (Wildman–Crippen LogP) is 2.41. The summed E-state index contributed by atoms with van der Waals surface area (Å²) in [5.74, 6) is -1.55. The van der Waals surface area contributed by atoms with E-state index in [-0.39, 0.29) is 11.8 Å². The van der Waals surface area contributed by atoms with Gasteiger partial charge in [0.2, 0.25) is 5.91 Å². The van der Waals surface area contributed by atoms with Crippen molar-refractivity contribution in [2.45, 2.75) is 45.1 Å². The summed E-state index contributed by atoms with van der Waals surface area (Å²) >= 11 is 0. The van der Waals surface area contributed by atoms with Gasteiger partial charge in [0.05, 0.1) is 0 Å². The van der Waals surface area contributed by atoms with E-state index in [0.29, 0.717) is 11.3 Å². The zero-order chi connectivity index (χ0) is 16.8. The second-order valence-electron chi connectivity index (χ2n) is 5.94. The molecule has 6 heteroatoms. The predicted molar refractivity (Wildman–Crippen MR) is 86.2 cm³/mol. The van der Waals surface area contributed by atoms with E-state index in [2.05, 4.69) is 10.6 Å². The fourth-order valence-electron chi connectivity index (χ4n) is 2.69. The molecule has 0 aliphatic heterocycles. The Morgan fingerprint density at radius 2 is 1.87 bits per heavy atom. The molecule has 0 radical (unpaired) electrons. The molecule has 124 valence electrons. The number of carboxylic acid groups (broad SMARTS) is 1. The quantitative estimate of drug-likeness (QED) is 0.777. The molecule has 3 N–H and O–H groups in total. The van der Waals surface area contributed by atoms with Crippen molar-refractivity contribution in [1.29, 1.82) is 0 Å². The summed E-state index contributed by atoms with van der Waals surface area (Å²) in [7, 11) is 0. The zero-order valence-electron chi connectivity index (χ0n) is 13.2. The molecule has 2 amide bonds. The van der Waals surface area contributed by atoms with Crippen LogP contribution in [0.5, 0.6) is 0 Å². The minimum atomic E-state index is -1.10. The highest BCUT2D eigenvalue weighted by Crippen LogP contribution is 2.25. The standard InChI is InChI=1S/C17H22N2O4/c1-11(17(22)23)18-16(21)13-8-5-9-14(10-13)19-15(20)12-6-3-2-4-7-12/h5,8-12H,2-4,6-7H2,1H3,(H,18,21)(H,19,20)(H,22,23)/t11-/m1/s1. The van der Waals surface area contributed by atoms with Gasteiger partial charge >= 0.3 is 5.97 Å². The molecule has 1 atom stereocenters. The number of carbonyl (C=O) groups is 3. The van der Waals surface area contributed by atoms with E-state index in [4.69, 9.17) is 5.11 Å². The van der Waals surface area contributed by atoms with Gasteiger partial charge in [-0.3, -0.25) is 14.4 Å². The minimum Gasteiger partial charge on any atom is -0.480 e. The molecule has 2 rings (SSSR count). The van der Waals surface area contributed by atoms with Gasteiger partial charge in [0.15, 0.2) is 0 Å². The molecule has 1 fully saturated rings. The Kier molecular flexibility index (Phi) is 5.73. The van der Waals surface area contributed by atoms with E-state index < -0.39 is 17.9 Å². The van der Waals surface area contributed by atoms with Crippen molar-refractivity contribution in [2.24, 2.45) is 5.92 Å². The van der Waals surface area contributed by atoms with E-state index in [1.54, 1.807) is 24.3 Å². The van der Waals surface area contributed by atoms with Gasteiger partial charge in [0.1, 0.15) is 6.04 Å². The molecule has 1 aromatic rings. The zero-order valence-corrected chi connectivity index (χ0v) is 13.2. The van der Waals surface area contributed by atoms with Crippen LogP contribution in [0, 0.1) is 5.92 Å². The molecule has 0 spiro atoms. The van der Waals surface area contributed by atoms with Gasteiger partial charge < -0.3 is 15.7 Å². The number of anilines is 1. The van der Waals surface area contributed by atoms with Crippen molar-refractivity contribution in [3.63, 3.8) is 0 Å². The van der Waals surface area contributed by atoms with Crippen LogP contribution in [0.1, 0.15) is 49.4 Å². The molecule has 0 unspecified atom stereocenters. The first-order valence-electron chi connectivity index (χ1n) is 7.92. The Balaban J connectivity index is 2.00. The van der Waals surface area contributed by atoms with Crippen molar-refractivity contribution in [1.82, 2.24) is 5.32 Å². The molecule has 1 aliphatic rings. The van der Waals surface area contributed by atoms with Gasteiger partial charge in [-0.2, -0.15) is 0 Å². The summed E-state index contributed by atoms with van der Waals surface area (Å²) in [5.41, 5.74) is 0.871. The summed E-state index contributed by atoms with van der Waals surface area (Å²) in [4.78, 5) is 35.0. The second-order valence-corrected chi connectivity index (χ2v) is 5.94. The molecule has 1 saturated carbocycles. The lowest BCUT2D eigenvalue weighted by molar-refractivity contribution is -0.138. The van der Waals surface area contributed by atoms with Gasteiger partial charge in [-0.05, 0) is 38.0 Å². The number of nitrogens with one attached hydrogen (secondary N) is 2. The van der Waals surface area contributed by atoms with Crippen molar-refractivity contribution in [2.75, 3.05) is 5.32 Å². The van der Waals surface area contributed by atoms with Gasteiger partial charge in [0, 0.05) is 17.2 Å². The molecule has 1 aromatic carbocycles. The summed E-state index contributed by atoms with van der Waals surface area (Å²) in [6.45, 7) is 1.40. The van der Waals surface area contributed by atoms with Crippen molar-refractivity contribution in [3.8, 4) is 0 Å². The van der Waals surface area contributed by atoms with Crippen LogP contribution in [0.25, 0.3) is 0 Å². The fraction of sp³-hybridized carbons (Fsp3) is 0.471. The average Bonchev–Trinajstić information content (AvgIpc) is 2.55. The van der Waals surface area contributed by atoms with Crippen LogP contribution in [0.2, 0.25) is 0 Å². The minimum absolute atomic E-state index is 0.0128. The topological polar surface area (TPSA) is 95.5 Å². The number of hydrogen-bond acceptors (Lipinski definition) is 3. The number of benzene rings is 1. The van der Waals surface area contributed by atoms with Crippen molar-refractivity contribution in [3.05, 3.63) is 29.8 Å². The van der Waals surface area contributed by atoms with E-state index in [9.17, 15) is 14.4 Å². The third kappa shape index (κ3) is 4.81. The van der Waals surface area contributed by atoms with E-state index >= 15 is 0 Å². The normalized spacial score (nSPS) is 16.4. The maximum absolute atomic E-state index is 12.2. The number of aliphatic carboxylic acids is 1. The smallest absolute Gasteiger partial charge is 0.325 e. The Bertz CT molecular complexity index is 594. The lowest BCUT2D eigenvalue weighted by Crippen LogP contribution is -2.38. The molecule has 0 bridgehead atoms. The Morgan fingerprint density at radius 3 is 2.52 bits per heavy atom. The van der Waals surface area contributed by atoms with Crippen LogP contribution >= 0.6 is 0 Å². The first-order chi connectivity index (χ1) is 11.0.